The number of aliphatic hydroxyl groups excluding tert-OH is 1. The van der Waals surface area contributed by atoms with Crippen LogP contribution in [-0.2, 0) is 0 Å². The molecule has 2 atom stereocenters. The van der Waals surface area contributed by atoms with E-state index in [4.69, 9.17) is 17.3 Å². The minimum absolute atomic E-state index is 0. The molecule has 0 saturated carbocycles. The highest BCUT2D eigenvalue weighted by Crippen LogP contribution is 2.23. The minimum Gasteiger partial charge on any atom is -0.391 e. The molecule has 5 heteroatoms. The van der Waals surface area contributed by atoms with E-state index in [1.54, 1.807) is 6.07 Å². The number of aliphatic hydroxyl groups is 1. The summed E-state index contributed by atoms with van der Waals surface area (Å²) in [6.07, 6.45) is 0.913. The molecule has 0 aliphatic carbocycles. The molecule has 0 spiro atoms. The van der Waals surface area contributed by atoms with E-state index in [2.05, 4.69) is 13.8 Å². The molecule has 18 heavy (non-hydrogen) atoms. The minimum atomic E-state index is -0.626. The van der Waals surface area contributed by atoms with E-state index >= 15 is 0 Å². The molecular formula is C13H20Cl2FNO. The highest BCUT2D eigenvalue weighted by Gasteiger charge is 2.18. The number of halogens is 3. The molecule has 0 heterocycles. The maximum absolute atomic E-state index is 13.0. The van der Waals surface area contributed by atoms with Crippen molar-refractivity contribution in [2.24, 2.45) is 11.7 Å². The lowest BCUT2D eigenvalue weighted by Crippen LogP contribution is -2.26. The second-order valence-electron chi connectivity index (χ2n) is 4.74. The summed E-state index contributed by atoms with van der Waals surface area (Å²) >= 11 is 5.68. The van der Waals surface area contributed by atoms with Gasteiger partial charge in [0.1, 0.15) is 5.82 Å². The molecule has 2 nitrogen and oxygen atoms in total. The van der Waals surface area contributed by atoms with Crippen LogP contribution in [0.1, 0.15) is 38.3 Å². The van der Waals surface area contributed by atoms with Gasteiger partial charge in [-0.1, -0.05) is 31.5 Å². The van der Waals surface area contributed by atoms with Crippen LogP contribution in [0, 0.1) is 11.7 Å². The van der Waals surface area contributed by atoms with Gasteiger partial charge in [-0.25, -0.2) is 4.39 Å². The maximum Gasteiger partial charge on any atom is 0.141 e. The van der Waals surface area contributed by atoms with Crippen molar-refractivity contribution >= 4 is 24.0 Å². The van der Waals surface area contributed by atoms with E-state index in [0.29, 0.717) is 17.9 Å². The van der Waals surface area contributed by atoms with Gasteiger partial charge in [0.25, 0.3) is 0 Å². The molecule has 0 fully saturated rings. The lowest BCUT2D eigenvalue weighted by Gasteiger charge is -2.20. The summed E-state index contributed by atoms with van der Waals surface area (Å²) < 4.78 is 13.0. The SMILES string of the molecule is CC(C)CC[C@@H](O)[C@@H](N)c1ccc(F)c(Cl)c1.Cl. The zero-order chi connectivity index (χ0) is 13.0. The summed E-state index contributed by atoms with van der Waals surface area (Å²) in [4.78, 5) is 0. The lowest BCUT2D eigenvalue weighted by atomic mass is 9.96. The van der Waals surface area contributed by atoms with E-state index in [0.717, 1.165) is 6.42 Å². The van der Waals surface area contributed by atoms with Gasteiger partial charge in [0, 0.05) is 0 Å². The van der Waals surface area contributed by atoms with Crippen LogP contribution in [0.15, 0.2) is 18.2 Å². The fraction of sp³-hybridized carbons (Fsp3) is 0.538. The molecule has 0 amide bonds. The topological polar surface area (TPSA) is 46.2 Å². The first-order chi connectivity index (χ1) is 7.91. The molecule has 0 bridgehead atoms. The highest BCUT2D eigenvalue weighted by atomic mass is 35.5. The van der Waals surface area contributed by atoms with E-state index in [9.17, 15) is 9.50 Å². The van der Waals surface area contributed by atoms with Crippen LogP contribution in [0.5, 0.6) is 0 Å². The number of hydrogen-bond donors (Lipinski definition) is 2. The Morgan fingerprint density at radius 2 is 1.94 bits per heavy atom. The van der Waals surface area contributed by atoms with E-state index in [1.807, 2.05) is 0 Å². The van der Waals surface area contributed by atoms with Crippen molar-refractivity contribution in [2.45, 2.75) is 38.8 Å². The molecule has 0 radical (unpaired) electrons. The third-order valence-corrected chi connectivity index (χ3v) is 3.07. The van der Waals surface area contributed by atoms with Crippen molar-refractivity contribution in [3.8, 4) is 0 Å². The Morgan fingerprint density at radius 3 is 2.44 bits per heavy atom. The van der Waals surface area contributed by atoms with Crippen molar-refractivity contribution in [2.75, 3.05) is 0 Å². The molecule has 1 aromatic carbocycles. The summed E-state index contributed by atoms with van der Waals surface area (Å²) in [5.41, 5.74) is 6.57. The third-order valence-electron chi connectivity index (χ3n) is 2.78. The Kier molecular flexibility index (Phi) is 7.79. The fourth-order valence-electron chi connectivity index (χ4n) is 1.63. The molecule has 0 saturated heterocycles. The number of benzene rings is 1. The van der Waals surface area contributed by atoms with Crippen LogP contribution in [-0.4, -0.2) is 11.2 Å². The second kappa shape index (κ2) is 7.95. The zero-order valence-electron chi connectivity index (χ0n) is 10.6. The van der Waals surface area contributed by atoms with Crippen molar-refractivity contribution in [3.05, 3.63) is 34.6 Å². The third kappa shape index (κ3) is 5.11. The molecule has 3 N–H and O–H groups in total. The molecule has 1 rings (SSSR count). The average molecular weight is 296 g/mol. The fourth-order valence-corrected chi connectivity index (χ4v) is 1.81. The predicted molar refractivity (Wildman–Crippen MR) is 75.7 cm³/mol. The van der Waals surface area contributed by atoms with Gasteiger partial charge in [0.15, 0.2) is 0 Å². The second-order valence-corrected chi connectivity index (χ2v) is 5.15. The van der Waals surface area contributed by atoms with Gasteiger partial charge in [-0.15, -0.1) is 12.4 Å². The predicted octanol–water partition coefficient (Wildman–Crippen LogP) is 3.70. The van der Waals surface area contributed by atoms with Crippen molar-refractivity contribution in [1.29, 1.82) is 0 Å². The van der Waals surface area contributed by atoms with Gasteiger partial charge in [-0.05, 0) is 36.5 Å². The quantitative estimate of drug-likeness (QED) is 0.870. The molecule has 1 aromatic rings. The first kappa shape index (κ1) is 17.6. The Balaban J connectivity index is 0.00000289. The average Bonchev–Trinajstić information content (AvgIpc) is 2.28. The lowest BCUT2D eigenvalue weighted by molar-refractivity contribution is 0.128. The van der Waals surface area contributed by atoms with Crippen LogP contribution < -0.4 is 5.73 Å². The summed E-state index contributed by atoms with van der Waals surface area (Å²) in [5.74, 6) is 0.0490. The molecule has 0 unspecified atom stereocenters. The highest BCUT2D eigenvalue weighted by molar-refractivity contribution is 6.30. The van der Waals surface area contributed by atoms with Gasteiger partial charge >= 0.3 is 0 Å². The maximum atomic E-state index is 13.0. The molecular weight excluding hydrogens is 276 g/mol. The monoisotopic (exact) mass is 295 g/mol. The normalized spacial score (nSPS) is 14.2. The summed E-state index contributed by atoms with van der Waals surface area (Å²) in [6.45, 7) is 4.18. The van der Waals surface area contributed by atoms with Gasteiger partial charge in [0.2, 0.25) is 0 Å². The van der Waals surface area contributed by atoms with Crippen LogP contribution in [0.25, 0.3) is 0 Å². The largest absolute Gasteiger partial charge is 0.391 e. The first-order valence-corrected chi connectivity index (χ1v) is 6.18. The molecule has 0 aliphatic rings. The number of rotatable bonds is 5. The van der Waals surface area contributed by atoms with Gasteiger partial charge < -0.3 is 10.8 Å². The first-order valence-electron chi connectivity index (χ1n) is 5.80. The van der Waals surface area contributed by atoms with Gasteiger partial charge in [-0.3, -0.25) is 0 Å². The molecule has 0 aliphatic heterocycles. The van der Waals surface area contributed by atoms with Crippen LogP contribution in [0.3, 0.4) is 0 Å². The Morgan fingerprint density at radius 1 is 1.33 bits per heavy atom. The Bertz CT molecular complexity index is 374. The standard InChI is InChI=1S/C13H19ClFNO.ClH/c1-8(2)3-6-12(17)13(16)9-4-5-11(15)10(14)7-9;/h4-5,7-8,12-13,17H,3,6,16H2,1-2H3;1H/t12-,13+;/m1./s1. The number of nitrogens with two attached hydrogens (primary N) is 1. The molecule has 0 aromatic heterocycles. The number of hydrogen-bond acceptors (Lipinski definition) is 2. The van der Waals surface area contributed by atoms with Crippen molar-refractivity contribution < 1.29 is 9.50 Å². The zero-order valence-corrected chi connectivity index (χ0v) is 12.1. The van der Waals surface area contributed by atoms with Gasteiger partial charge in [0.05, 0.1) is 17.2 Å². The van der Waals surface area contributed by atoms with Crippen molar-refractivity contribution in [3.63, 3.8) is 0 Å². The molecule has 104 valence electrons. The van der Waals surface area contributed by atoms with Crippen LogP contribution in [0.4, 0.5) is 4.39 Å². The summed E-state index contributed by atoms with van der Waals surface area (Å²) in [5, 5.41) is 9.95. The van der Waals surface area contributed by atoms with Crippen LogP contribution >= 0.6 is 24.0 Å². The van der Waals surface area contributed by atoms with E-state index in [-0.39, 0.29) is 17.4 Å². The van der Waals surface area contributed by atoms with Crippen molar-refractivity contribution in [1.82, 2.24) is 0 Å². The van der Waals surface area contributed by atoms with Crippen LogP contribution in [0.2, 0.25) is 5.02 Å². The van der Waals surface area contributed by atoms with Gasteiger partial charge in [-0.2, -0.15) is 0 Å². The Labute approximate surface area is 119 Å². The smallest absolute Gasteiger partial charge is 0.141 e. The van der Waals surface area contributed by atoms with E-state index in [1.165, 1.54) is 12.1 Å². The van der Waals surface area contributed by atoms with E-state index < -0.39 is 18.0 Å². The Hall–Kier alpha value is -0.350. The summed E-state index contributed by atoms with van der Waals surface area (Å²) in [7, 11) is 0. The summed E-state index contributed by atoms with van der Waals surface area (Å²) in [6, 6.07) is 3.78.